The van der Waals surface area contributed by atoms with E-state index in [2.05, 4.69) is 11.3 Å². The number of hydrogen-bond donors (Lipinski definition) is 1. The van der Waals surface area contributed by atoms with E-state index in [0.717, 1.165) is 0 Å². The zero-order valence-corrected chi connectivity index (χ0v) is 16.3. The highest BCUT2D eigenvalue weighted by atomic mass is 19.4. The number of halogens is 11. The SMILES string of the molecule is C=C(CC(O)c1ccc(OC)cc1)C(=O)OCC(F)(F)C(F)(F)C(F)(F)C(F)(F)C(F)(F)F. The van der Waals surface area contributed by atoms with E-state index in [9.17, 15) is 58.2 Å². The highest BCUT2D eigenvalue weighted by molar-refractivity contribution is 5.87. The number of alkyl halides is 11. The molecule has 0 saturated heterocycles. The number of methoxy groups -OCH3 is 1. The molecule has 0 aliphatic heterocycles. The molecule has 1 aromatic rings. The van der Waals surface area contributed by atoms with Crippen LogP contribution in [0.2, 0.25) is 0 Å². The van der Waals surface area contributed by atoms with Crippen molar-refractivity contribution in [2.45, 2.75) is 42.4 Å². The summed E-state index contributed by atoms with van der Waals surface area (Å²) in [4.78, 5) is 11.6. The maximum absolute atomic E-state index is 13.5. The first kappa shape index (κ1) is 28.5. The van der Waals surface area contributed by atoms with Crippen molar-refractivity contribution in [1.29, 1.82) is 0 Å². The van der Waals surface area contributed by atoms with Crippen LogP contribution in [0.15, 0.2) is 36.4 Å². The molecule has 0 spiro atoms. The lowest BCUT2D eigenvalue weighted by atomic mass is 9.98. The fourth-order valence-electron chi connectivity index (χ4n) is 2.21. The zero-order chi connectivity index (χ0) is 26.0. The van der Waals surface area contributed by atoms with Gasteiger partial charge in [-0.1, -0.05) is 18.7 Å². The third kappa shape index (κ3) is 5.50. The summed E-state index contributed by atoms with van der Waals surface area (Å²) in [6, 6.07) is 5.41. The van der Waals surface area contributed by atoms with Crippen LogP contribution < -0.4 is 4.74 Å². The number of esters is 1. The summed E-state index contributed by atoms with van der Waals surface area (Å²) in [5.41, 5.74) is -0.680. The van der Waals surface area contributed by atoms with Gasteiger partial charge in [-0.15, -0.1) is 0 Å². The van der Waals surface area contributed by atoms with Crippen molar-refractivity contribution >= 4 is 5.97 Å². The molecule has 0 aromatic heterocycles. The maximum atomic E-state index is 13.5. The highest BCUT2D eigenvalue weighted by Gasteiger charge is 2.87. The molecule has 0 fully saturated rings. The summed E-state index contributed by atoms with van der Waals surface area (Å²) in [7, 11) is 1.34. The molecule has 0 radical (unpaired) electrons. The average molecular weight is 504 g/mol. The minimum Gasteiger partial charge on any atom is -0.497 e. The molecule has 1 atom stereocenters. The quantitative estimate of drug-likeness (QED) is 0.266. The Hall–Kier alpha value is -2.58. The van der Waals surface area contributed by atoms with E-state index in [-0.39, 0.29) is 5.56 Å². The molecule has 33 heavy (non-hydrogen) atoms. The van der Waals surface area contributed by atoms with E-state index >= 15 is 0 Å². The number of aliphatic hydroxyl groups is 1. The summed E-state index contributed by atoms with van der Waals surface area (Å²) in [5, 5.41) is 9.97. The zero-order valence-electron chi connectivity index (χ0n) is 16.3. The van der Waals surface area contributed by atoms with E-state index in [1.807, 2.05) is 0 Å². The smallest absolute Gasteiger partial charge is 0.460 e. The average Bonchev–Trinajstić information content (AvgIpc) is 2.70. The van der Waals surface area contributed by atoms with Gasteiger partial charge in [0.05, 0.1) is 13.2 Å². The molecule has 15 heteroatoms. The predicted octanol–water partition coefficient (Wildman–Crippen LogP) is 5.32. The van der Waals surface area contributed by atoms with Gasteiger partial charge in [0.25, 0.3) is 0 Å². The second-order valence-corrected chi connectivity index (χ2v) is 6.60. The molecule has 0 aliphatic rings. The lowest BCUT2D eigenvalue weighted by Gasteiger charge is -2.36. The van der Waals surface area contributed by atoms with E-state index in [4.69, 9.17) is 4.74 Å². The highest BCUT2D eigenvalue weighted by Crippen LogP contribution is 2.57. The number of rotatable bonds is 10. The summed E-state index contributed by atoms with van der Waals surface area (Å²) in [5.74, 6) is -30.3. The summed E-state index contributed by atoms with van der Waals surface area (Å²) < 4.78 is 150. The number of aliphatic hydroxyl groups excluding tert-OH is 1. The number of benzene rings is 1. The van der Waals surface area contributed by atoms with Gasteiger partial charge in [0.15, 0.2) is 6.61 Å². The Labute approximate surface area is 178 Å². The number of hydrogen-bond acceptors (Lipinski definition) is 4. The van der Waals surface area contributed by atoms with Crippen molar-refractivity contribution in [3.63, 3.8) is 0 Å². The van der Waals surface area contributed by atoms with Gasteiger partial charge in [-0.25, -0.2) is 4.79 Å². The molecule has 188 valence electrons. The fourth-order valence-corrected chi connectivity index (χ4v) is 2.21. The minimum atomic E-state index is -7.60. The van der Waals surface area contributed by atoms with Crippen LogP contribution in [0, 0.1) is 0 Å². The van der Waals surface area contributed by atoms with Crippen LogP contribution in [0.4, 0.5) is 48.3 Å². The first-order chi connectivity index (χ1) is 14.7. The lowest BCUT2D eigenvalue weighted by Crippen LogP contribution is -2.67. The molecule has 0 saturated carbocycles. The van der Waals surface area contributed by atoms with Gasteiger partial charge in [-0.3, -0.25) is 0 Å². The van der Waals surface area contributed by atoms with Crippen LogP contribution >= 0.6 is 0 Å². The van der Waals surface area contributed by atoms with Crippen molar-refractivity contribution in [3.8, 4) is 5.75 Å². The molecule has 4 nitrogen and oxygen atoms in total. The van der Waals surface area contributed by atoms with E-state index in [0.29, 0.717) is 5.75 Å². The second kappa shape index (κ2) is 9.35. The Morgan fingerprint density at radius 2 is 1.39 bits per heavy atom. The third-order valence-electron chi connectivity index (χ3n) is 4.22. The Bertz CT molecular complexity index is 848. The van der Waals surface area contributed by atoms with Crippen LogP contribution in [-0.4, -0.2) is 54.7 Å². The van der Waals surface area contributed by atoms with E-state index < -0.39 is 60.5 Å². The Morgan fingerprint density at radius 1 is 0.909 bits per heavy atom. The number of carbonyl (C=O) groups is 1. The molecule has 1 aromatic carbocycles. The fraction of sp³-hybridized carbons (Fsp3) is 0.500. The minimum absolute atomic E-state index is 0.149. The summed E-state index contributed by atoms with van der Waals surface area (Å²) >= 11 is 0. The molecule has 0 bridgehead atoms. The predicted molar refractivity (Wildman–Crippen MR) is 88.5 cm³/mol. The van der Waals surface area contributed by atoms with E-state index in [1.54, 1.807) is 0 Å². The Kier molecular flexibility index (Phi) is 8.06. The monoisotopic (exact) mass is 504 g/mol. The lowest BCUT2D eigenvalue weighted by molar-refractivity contribution is -0.423. The first-order valence-corrected chi connectivity index (χ1v) is 8.48. The number of carbonyl (C=O) groups excluding carboxylic acids is 1. The molecule has 1 rings (SSSR count). The maximum Gasteiger partial charge on any atom is 0.460 e. The van der Waals surface area contributed by atoms with Gasteiger partial charge >= 0.3 is 35.8 Å². The third-order valence-corrected chi connectivity index (χ3v) is 4.22. The van der Waals surface area contributed by atoms with Crippen molar-refractivity contribution < 1.29 is 67.7 Å². The molecular weight excluding hydrogens is 489 g/mol. The first-order valence-electron chi connectivity index (χ1n) is 8.48. The van der Waals surface area contributed by atoms with Gasteiger partial charge in [0.1, 0.15) is 5.75 Å². The van der Waals surface area contributed by atoms with Gasteiger partial charge < -0.3 is 14.6 Å². The summed E-state index contributed by atoms with van der Waals surface area (Å²) in [6.07, 6.45) is -9.53. The van der Waals surface area contributed by atoms with Gasteiger partial charge in [-0.2, -0.15) is 48.3 Å². The van der Waals surface area contributed by atoms with Crippen LogP contribution in [0.5, 0.6) is 5.75 Å². The molecule has 0 amide bonds. The molecular formula is C18H15F11O4. The standard InChI is InChI=1S/C18H15F11O4/c1-9(7-12(30)10-3-5-11(32-2)6-4-10)13(31)33-8-14(19,20)15(21,22)16(23,24)17(25,26)18(27,28)29/h3-6,12,30H,1,7-8H2,2H3. The number of ether oxygens (including phenoxy) is 2. The molecule has 1 N–H and O–H groups in total. The largest absolute Gasteiger partial charge is 0.497 e. The van der Waals surface area contributed by atoms with Crippen LogP contribution in [-0.2, 0) is 9.53 Å². The second-order valence-electron chi connectivity index (χ2n) is 6.60. The van der Waals surface area contributed by atoms with Crippen molar-refractivity contribution in [2.75, 3.05) is 13.7 Å². The summed E-state index contributed by atoms with van der Waals surface area (Å²) in [6.45, 7) is 0.0423. The van der Waals surface area contributed by atoms with Crippen molar-refractivity contribution in [2.24, 2.45) is 0 Å². The molecule has 0 heterocycles. The Morgan fingerprint density at radius 3 is 1.82 bits per heavy atom. The molecule has 1 unspecified atom stereocenters. The van der Waals surface area contributed by atoms with Gasteiger partial charge in [-0.05, 0) is 17.7 Å². The van der Waals surface area contributed by atoms with Gasteiger partial charge in [0.2, 0.25) is 0 Å². The Balaban J connectivity index is 2.89. The normalized spacial score (nSPS) is 14.6. The van der Waals surface area contributed by atoms with Crippen LogP contribution in [0.3, 0.4) is 0 Å². The van der Waals surface area contributed by atoms with Crippen molar-refractivity contribution in [1.82, 2.24) is 0 Å². The van der Waals surface area contributed by atoms with Gasteiger partial charge in [0, 0.05) is 12.0 Å². The molecule has 0 aliphatic carbocycles. The topological polar surface area (TPSA) is 55.8 Å². The van der Waals surface area contributed by atoms with Crippen LogP contribution in [0.25, 0.3) is 0 Å². The van der Waals surface area contributed by atoms with E-state index in [1.165, 1.54) is 31.4 Å². The van der Waals surface area contributed by atoms with Crippen molar-refractivity contribution in [3.05, 3.63) is 42.0 Å². The van der Waals surface area contributed by atoms with Crippen LogP contribution in [0.1, 0.15) is 18.1 Å².